The molecule has 0 bridgehead atoms. The van der Waals surface area contributed by atoms with Crippen molar-refractivity contribution in [3.8, 4) is 11.5 Å². The summed E-state index contributed by atoms with van der Waals surface area (Å²) in [6, 6.07) is 0. The maximum atomic E-state index is 12.6. The van der Waals surface area contributed by atoms with Crippen LogP contribution in [0.1, 0.15) is 40.1 Å². The van der Waals surface area contributed by atoms with Crippen molar-refractivity contribution >= 4 is 23.1 Å². The van der Waals surface area contributed by atoms with E-state index in [1.54, 1.807) is 24.5 Å². The molecule has 0 aliphatic carbocycles. The molecule has 1 N–H and O–H groups in total. The molecule has 30 heavy (non-hydrogen) atoms. The zero-order chi connectivity index (χ0) is 21.3. The molecule has 1 amide bonds. The van der Waals surface area contributed by atoms with Gasteiger partial charge < -0.3 is 14.7 Å². The molecule has 0 saturated carbocycles. The molecule has 4 heterocycles. The van der Waals surface area contributed by atoms with E-state index < -0.39 is 0 Å². The van der Waals surface area contributed by atoms with Crippen LogP contribution in [0.15, 0.2) is 10.7 Å². The molecule has 3 aromatic rings. The fourth-order valence-corrected chi connectivity index (χ4v) is 4.41. The minimum atomic E-state index is -0.0135. The van der Waals surface area contributed by atoms with E-state index in [1.807, 2.05) is 20.8 Å². The minimum Gasteiger partial charge on any atom is -0.356 e. The third kappa shape index (κ3) is 4.33. The lowest BCUT2D eigenvalue weighted by atomic mass is 9.95. The molecule has 9 nitrogen and oxygen atoms in total. The number of carbonyl (C=O) groups excluding carboxylic acids is 1. The highest BCUT2D eigenvalue weighted by Crippen LogP contribution is 2.30. The normalized spacial score (nSPS) is 14.9. The van der Waals surface area contributed by atoms with Gasteiger partial charge in [0.2, 0.25) is 5.91 Å². The third-order valence-corrected chi connectivity index (χ3v) is 6.37. The van der Waals surface area contributed by atoms with Gasteiger partial charge in [-0.25, -0.2) is 15.0 Å². The van der Waals surface area contributed by atoms with Crippen molar-refractivity contribution in [1.82, 2.24) is 30.4 Å². The lowest BCUT2D eigenvalue weighted by Crippen LogP contribution is -2.41. The standard InChI is InChI=1S/C20H25N7O2S/c1-11-12(2)30-17(23-11)10-22-19(28)15-5-7-27(8-6-15)18-16(9-21-13(3)24-18)20-25-14(4)26-29-20/h9,15H,5-8,10H2,1-4H3,(H,22,28). The molecule has 0 spiro atoms. The highest BCUT2D eigenvalue weighted by Gasteiger charge is 2.28. The lowest BCUT2D eigenvalue weighted by molar-refractivity contribution is -0.125. The molecule has 1 fully saturated rings. The highest BCUT2D eigenvalue weighted by atomic mass is 32.1. The predicted octanol–water partition coefficient (Wildman–Crippen LogP) is 2.75. The summed E-state index contributed by atoms with van der Waals surface area (Å²) < 4.78 is 5.33. The van der Waals surface area contributed by atoms with Crippen LogP contribution in [0, 0.1) is 33.6 Å². The van der Waals surface area contributed by atoms with Crippen molar-refractivity contribution in [2.75, 3.05) is 18.0 Å². The van der Waals surface area contributed by atoms with Crippen molar-refractivity contribution in [2.45, 2.75) is 47.1 Å². The van der Waals surface area contributed by atoms with Crippen LogP contribution in [-0.2, 0) is 11.3 Å². The quantitative estimate of drug-likeness (QED) is 0.662. The second-order valence-corrected chi connectivity index (χ2v) is 8.82. The van der Waals surface area contributed by atoms with Gasteiger partial charge in [-0.2, -0.15) is 4.98 Å². The number of hydrogen-bond acceptors (Lipinski definition) is 9. The first-order chi connectivity index (χ1) is 14.4. The summed E-state index contributed by atoms with van der Waals surface area (Å²) >= 11 is 1.64. The van der Waals surface area contributed by atoms with Crippen molar-refractivity contribution < 1.29 is 9.32 Å². The predicted molar refractivity (Wildman–Crippen MR) is 113 cm³/mol. The first-order valence-electron chi connectivity index (χ1n) is 10.0. The van der Waals surface area contributed by atoms with E-state index in [4.69, 9.17) is 4.52 Å². The molecular formula is C20H25N7O2S. The highest BCUT2D eigenvalue weighted by molar-refractivity contribution is 7.11. The summed E-state index contributed by atoms with van der Waals surface area (Å²) in [6.07, 6.45) is 3.24. The molecule has 10 heteroatoms. The Morgan fingerprint density at radius 1 is 1.17 bits per heavy atom. The summed E-state index contributed by atoms with van der Waals surface area (Å²) in [6.45, 7) is 9.62. The van der Waals surface area contributed by atoms with E-state index in [-0.39, 0.29) is 11.8 Å². The maximum absolute atomic E-state index is 12.6. The van der Waals surface area contributed by atoms with Crippen molar-refractivity contribution in [1.29, 1.82) is 0 Å². The van der Waals surface area contributed by atoms with Gasteiger partial charge in [0.05, 0.1) is 12.2 Å². The van der Waals surface area contributed by atoms with E-state index in [0.29, 0.717) is 24.1 Å². The number of nitrogens with zero attached hydrogens (tertiary/aromatic N) is 6. The molecule has 158 valence electrons. The van der Waals surface area contributed by atoms with Gasteiger partial charge in [0.15, 0.2) is 5.82 Å². The number of hydrogen-bond donors (Lipinski definition) is 1. The molecule has 1 aliphatic rings. The van der Waals surface area contributed by atoms with Crippen LogP contribution < -0.4 is 10.2 Å². The lowest BCUT2D eigenvalue weighted by Gasteiger charge is -2.32. The number of thiazole rings is 1. The summed E-state index contributed by atoms with van der Waals surface area (Å²) in [7, 11) is 0. The molecule has 4 rings (SSSR count). The molecule has 1 aliphatic heterocycles. The van der Waals surface area contributed by atoms with E-state index in [9.17, 15) is 4.79 Å². The Hall–Kier alpha value is -2.88. The topological polar surface area (TPSA) is 110 Å². The molecule has 3 aromatic heterocycles. The Labute approximate surface area is 179 Å². The average Bonchev–Trinajstić information content (AvgIpc) is 3.31. The van der Waals surface area contributed by atoms with E-state index in [0.717, 1.165) is 48.0 Å². The summed E-state index contributed by atoms with van der Waals surface area (Å²) in [5.74, 6) is 2.51. The Morgan fingerprint density at radius 2 is 1.93 bits per heavy atom. The first-order valence-corrected chi connectivity index (χ1v) is 10.8. The summed E-state index contributed by atoms with van der Waals surface area (Å²) in [4.78, 5) is 33.7. The van der Waals surface area contributed by atoms with Gasteiger partial charge in [0.1, 0.15) is 22.2 Å². The average molecular weight is 428 g/mol. The number of aryl methyl sites for hydroxylation is 4. The van der Waals surface area contributed by atoms with Crippen molar-refractivity contribution in [3.63, 3.8) is 0 Å². The smallest absolute Gasteiger partial charge is 0.263 e. The van der Waals surface area contributed by atoms with Gasteiger partial charge in [0.25, 0.3) is 5.89 Å². The van der Waals surface area contributed by atoms with Crippen LogP contribution in [0.4, 0.5) is 5.82 Å². The zero-order valence-corrected chi connectivity index (χ0v) is 18.4. The van der Waals surface area contributed by atoms with E-state index in [2.05, 4.69) is 35.3 Å². The number of carbonyl (C=O) groups is 1. The number of amides is 1. The van der Waals surface area contributed by atoms with Crippen LogP contribution in [-0.4, -0.2) is 44.1 Å². The van der Waals surface area contributed by atoms with Crippen molar-refractivity contribution in [3.05, 3.63) is 33.4 Å². The molecule has 0 atom stereocenters. The van der Waals surface area contributed by atoms with Crippen LogP contribution in [0.3, 0.4) is 0 Å². The molecule has 0 aromatic carbocycles. The monoisotopic (exact) mass is 427 g/mol. The van der Waals surface area contributed by atoms with Gasteiger partial charge in [-0.15, -0.1) is 11.3 Å². The Kier molecular flexibility index (Phi) is 5.76. The van der Waals surface area contributed by atoms with Crippen LogP contribution in [0.25, 0.3) is 11.5 Å². The zero-order valence-electron chi connectivity index (χ0n) is 17.6. The summed E-state index contributed by atoms with van der Waals surface area (Å²) in [5.41, 5.74) is 1.75. The number of nitrogens with one attached hydrogen (secondary N) is 1. The molecular weight excluding hydrogens is 402 g/mol. The summed E-state index contributed by atoms with van der Waals surface area (Å²) in [5, 5.41) is 7.87. The second-order valence-electron chi connectivity index (χ2n) is 7.53. The van der Waals surface area contributed by atoms with E-state index in [1.165, 1.54) is 4.88 Å². The van der Waals surface area contributed by atoms with Gasteiger partial charge in [-0.1, -0.05) is 5.16 Å². The van der Waals surface area contributed by atoms with Gasteiger partial charge in [-0.05, 0) is 40.5 Å². The Balaban J connectivity index is 1.40. The molecule has 0 radical (unpaired) electrons. The van der Waals surface area contributed by atoms with Crippen LogP contribution in [0.2, 0.25) is 0 Å². The maximum Gasteiger partial charge on any atom is 0.263 e. The first kappa shape index (κ1) is 20.4. The molecule has 1 saturated heterocycles. The van der Waals surface area contributed by atoms with Crippen molar-refractivity contribution in [2.24, 2.45) is 5.92 Å². The van der Waals surface area contributed by atoms with Gasteiger partial charge in [0, 0.05) is 30.1 Å². The fourth-order valence-electron chi connectivity index (χ4n) is 3.53. The number of anilines is 1. The minimum absolute atomic E-state index is 0.0135. The SMILES string of the molecule is Cc1noc(-c2cnc(C)nc2N2CCC(C(=O)NCc3nc(C)c(C)s3)CC2)n1. The van der Waals surface area contributed by atoms with Crippen LogP contribution in [0.5, 0.6) is 0 Å². The van der Waals surface area contributed by atoms with Crippen LogP contribution >= 0.6 is 11.3 Å². The Bertz CT molecular complexity index is 1030. The van der Waals surface area contributed by atoms with E-state index >= 15 is 0 Å². The van der Waals surface area contributed by atoms with Gasteiger partial charge in [-0.3, -0.25) is 4.79 Å². The fraction of sp³-hybridized carbons (Fsp3) is 0.500. The number of aromatic nitrogens is 5. The Morgan fingerprint density at radius 3 is 2.57 bits per heavy atom. The number of piperidine rings is 1. The third-order valence-electron chi connectivity index (χ3n) is 5.30. The number of rotatable bonds is 5. The molecule has 0 unspecified atom stereocenters. The largest absolute Gasteiger partial charge is 0.356 e. The van der Waals surface area contributed by atoms with Gasteiger partial charge >= 0.3 is 0 Å². The second kappa shape index (κ2) is 8.47.